The summed E-state index contributed by atoms with van der Waals surface area (Å²) < 4.78 is 38.1. The molecule has 1 aliphatic rings. The van der Waals surface area contributed by atoms with Crippen molar-refractivity contribution < 1.29 is 18.3 Å². The normalized spacial score (nSPS) is 18.3. The van der Waals surface area contributed by atoms with Crippen LogP contribution in [0.2, 0.25) is 0 Å². The molecule has 1 fully saturated rings. The molecule has 0 spiro atoms. The molecule has 1 aromatic rings. The van der Waals surface area contributed by atoms with Crippen molar-refractivity contribution in [1.29, 1.82) is 0 Å². The van der Waals surface area contributed by atoms with Crippen molar-refractivity contribution in [3.63, 3.8) is 0 Å². The molecule has 0 bridgehead atoms. The van der Waals surface area contributed by atoms with Gasteiger partial charge in [0.1, 0.15) is 0 Å². The first-order valence-corrected chi connectivity index (χ1v) is 7.45. The lowest BCUT2D eigenvalue weighted by atomic mass is 9.83. The van der Waals surface area contributed by atoms with Crippen molar-refractivity contribution in [2.24, 2.45) is 5.41 Å². The van der Waals surface area contributed by atoms with E-state index in [1.54, 1.807) is 0 Å². The van der Waals surface area contributed by atoms with Crippen LogP contribution in [0.1, 0.15) is 12.8 Å². The molecule has 19 heavy (non-hydrogen) atoms. The quantitative estimate of drug-likeness (QED) is 0.655. The standard InChI is InChI=1S/C13H15BrF2O2S/c14-9-5-10(15)12(16)11(6-9)18-7-13(8-19)1-3-17-4-2-13/h5-6,19H,1-4,7-8H2. The fraction of sp³-hybridized carbons (Fsp3) is 0.538. The van der Waals surface area contributed by atoms with Crippen LogP contribution in [0.5, 0.6) is 5.75 Å². The lowest BCUT2D eigenvalue weighted by Crippen LogP contribution is -2.37. The number of benzene rings is 1. The van der Waals surface area contributed by atoms with Gasteiger partial charge in [-0.25, -0.2) is 4.39 Å². The third-order valence-electron chi connectivity index (χ3n) is 3.38. The van der Waals surface area contributed by atoms with E-state index in [1.165, 1.54) is 6.07 Å². The Morgan fingerprint density at radius 3 is 2.63 bits per heavy atom. The Balaban J connectivity index is 2.09. The highest BCUT2D eigenvalue weighted by molar-refractivity contribution is 9.10. The molecule has 2 nitrogen and oxygen atoms in total. The van der Waals surface area contributed by atoms with E-state index in [0.29, 0.717) is 30.0 Å². The summed E-state index contributed by atoms with van der Waals surface area (Å²) in [5.41, 5.74) is -0.132. The average molecular weight is 353 g/mol. The van der Waals surface area contributed by atoms with Crippen LogP contribution in [0.15, 0.2) is 16.6 Å². The maximum Gasteiger partial charge on any atom is 0.200 e. The minimum atomic E-state index is -0.954. The fourth-order valence-corrected chi connectivity index (χ4v) is 2.84. The van der Waals surface area contributed by atoms with Crippen LogP contribution < -0.4 is 4.74 Å². The van der Waals surface area contributed by atoms with Crippen molar-refractivity contribution >= 4 is 28.6 Å². The molecule has 0 atom stereocenters. The second-order valence-electron chi connectivity index (χ2n) is 4.76. The lowest BCUT2D eigenvalue weighted by molar-refractivity contribution is 0.00233. The van der Waals surface area contributed by atoms with Gasteiger partial charge in [-0.3, -0.25) is 0 Å². The monoisotopic (exact) mass is 352 g/mol. The Morgan fingerprint density at radius 1 is 1.32 bits per heavy atom. The zero-order chi connectivity index (χ0) is 13.9. The summed E-state index contributed by atoms with van der Waals surface area (Å²) >= 11 is 7.47. The van der Waals surface area contributed by atoms with Gasteiger partial charge in [0.2, 0.25) is 5.82 Å². The smallest absolute Gasteiger partial charge is 0.200 e. The lowest BCUT2D eigenvalue weighted by Gasteiger charge is -2.35. The number of ether oxygens (including phenoxy) is 2. The summed E-state index contributed by atoms with van der Waals surface area (Å²) in [6.07, 6.45) is 1.63. The predicted molar refractivity (Wildman–Crippen MR) is 75.9 cm³/mol. The van der Waals surface area contributed by atoms with Gasteiger partial charge in [0.05, 0.1) is 6.61 Å². The second-order valence-corrected chi connectivity index (χ2v) is 5.99. The van der Waals surface area contributed by atoms with Gasteiger partial charge in [-0.15, -0.1) is 0 Å². The summed E-state index contributed by atoms with van der Waals surface area (Å²) in [6, 6.07) is 2.51. The molecule has 6 heteroatoms. The highest BCUT2D eigenvalue weighted by Crippen LogP contribution is 2.34. The first-order valence-electron chi connectivity index (χ1n) is 6.02. The first kappa shape index (κ1) is 15.1. The number of hydrogen-bond donors (Lipinski definition) is 1. The van der Waals surface area contributed by atoms with Crippen molar-refractivity contribution in [2.45, 2.75) is 12.8 Å². The predicted octanol–water partition coefficient (Wildman–Crippen LogP) is 3.83. The van der Waals surface area contributed by atoms with Crippen LogP contribution in [0.3, 0.4) is 0 Å². The van der Waals surface area contributed by atoms with Crippen LogP contribution in [0.4, 0.5) is 8.78 Å². The van der Waals surface area contributed by atoms with Crippen LogP contribution in [0, 0.1) is 17.0 Å². The van der Waals surface area contributed by atoms with Gasteiger partial charge < -0.3 is 9.47 Å². The molecular formula is C13H15BrF2O2S. The SMILES string of the molecule is Fc1cc(Br)cc(OCC2(CS)CCOCC2)c1F. The maximum absolute atomic E-state index is 13.6. The summed E-state index contributed by atoms with van der Waals surface area (Å²) in [4.78, 5) is 0. The van der Waals surface area contributed by atoms with E-state index in [2.05, 4.69) is 28.6 Å². The van der Waals surface area contributed by atoms with Crippen molar-refractivity contribution in [2.75, 3.05) is 25.6 Å². The zero-order valence-electron chi connectivity index (χ0n) is 10.3. The maximum atomic E-state index is 13.6. The molecule has 0 amide bonds. The molecule has 1 aliphatic heterocycles. The molecule has 0 saturated carbocycles. The van der Waals surface area contributed by atoms with E-state index in [9.17, 15) is 8.78 Å². The molecule has 0 unspecified atom stereocenters. The largest absolute Gasteiger partial charge is 0.490 e. The van der Waals surface area contributed by atoms with E-state index in [4.69, 9.17) is 9.47 Å². The molecule has 2 rings (SSSR count). The van der Waals surface area contributed by atoms with Gasteiger partial charge in [-0.2, -0.15) is 17.0 Å². The van der Waals surface area contributed by atoms with Crippen molar-refractivity contribution in [3.05, 3.63) is 28.2 Å². The number of thiol groups is 1. The van der Waals surface area contributed by atoms with Crippen LogP contribution >= 0.6 is 28.6 Å². The number of halogens is 3. The molecular weight excluding hydrogens is 338 g/mol. The number of rotatable bonds is 4. The molecule has 1 saturated heterocycles. The van der Waals surface area contributed by atoms with E-state index in [-0.39, 0.29) is 11.2 Å². The fourth-order valence-electron chi connectivity index (χ4n) is 2.02. The Bertz CT molecular complexity index is 451. The average Bonchev–Trinajstić information content (AvgIpc) is 2.42. The topological polar surface area (TPSA) is 18.5 Å². The van der Waals surface area contributed by atoms with Crippen molar-refractivity contribution in [3.8, 4) is 5.75 Å². The van der Waals surface area contributed by atoms with E-state index >= 15 is 0 Å². The molecule has 0 aromatic heterocycles. The minimum absolute atomic E-state index is 0.0699. The molecule has 1 aromatic carbocycles. The Morgan fingerprint density at radius 2 is 2.00 bits per heavy atom. The molecule has 0 aliphatic carbocycles. The summed E-state index contributed by atoms with van der Waals surface area (Å²) in [5, 5.41) is 0. The second kappa shape index (κ2) is 6.41. The van der Waals surface area contributed by atoms with Crippen LogP contribution in [-0.2, 0) is 4.74 Å². The molecule has 1 heterocycles. The van der Waals surface area contributed by atoms with E-state index < -0.39 is 11.6 Å². The summed E-state index contributed by atoms with van der Waals surface area (Å²) in [7, 11) is 0. The molecule has 106 valence electrons. The van der Waals surface area contributed by atoms with Gasteiger partial charge in [0.15, 0.2) is 11.6 Å². The van der Waals surface area contributed by atoms with E-state index in [0.717, 1.165) is 18.9 Å². The highest BCUT2D eigenvalue weighted by atomic mass is 79.9. The summed E-state index contributed by atoms with van der Waals surface area (Å²) in [6.45, 7) is 1.62. The number of hydrogen-bond acceptors (Lipinski definition) is 3. The van der Waals surface area contributed by atoms with E-state index in [1.807, 2.05) is 0 Å². The highest BCUT2D eigenvalue weighted by Gasteiger charge is 2.32. The Hall–Kier alpha value is -0.330. The third kappa shape index (κ3) is 3.61. The Kier molecular flexibility index (Phi) is 5.09. The summed E-state index contributed by atoms with van der Waals surface area (Å²) in [5.74, 6) is -1.31. The Labute approximate surface area is 125 Å². The van der Waals surface area contributed by atoms with Gasteiger partial charge >= 0.3 is 0 Å². The van der Waals surface area contributed by atoms with Gasteiger partial charge in [0, 0.05) is 23.1 Å². The zero-order valence-corrected chi connectivity index (χ0v) is 12.8. The van der Waals surface area contributed by atoms with Crippen LogP contribution in [-0.4, -0.2) is 25.6 Å². The van der Waals surface area contributed by atoms with Gasteiger partial charge in [-0.05, 0) is 30.7 Å². The molecule has 0 radical (unpaired) electrons. The van der Waals surface area contributed by atoms with Gasteiger partial charge in [0.25, 0.3) is 0 Å². The van der Waals surface area contributed by atoms with Crippen LogP contribution in [0.25, 0.3) is 0 Å². The van der Waals surface area contributed by atoms with Crippen molar-refractivity contribution in [1.82, 2.24) is 0 Å². The first-order chi connectivity index (χ1) is 9.06. The molecule has 0 N–H and O–H groups in total. The third-order valence-corrected chi connectivity index (χ3v) is 4.51. The van der Waals surface area contributed by atoms with Gasteiger partial charge in [-0.1, -0.05) is 15.9 Å². The minimum Gasteiger partial charge on any atom is -0.490 e.